The average molecular weight is 262 g/mol. The van der Waals surface area contributed by atoms with Gasteiger partial charge in [-0.3, -0.25) is 9.69 Å². The maximum Gasteiger partial charge on any atom is 0.324 e. The number of carboxylic acids is 1. The predicted molar refractivity (Wildman–Crippen MR) is 72.3 cm³/mol. The number of likely N-dealkylation sites (tertiary alicyclic amines) is 1. The second-order valence-electron chi connectivity index (χ2n) is 4.95. The van der Waals surface area contributed by atoms with Gasteiger partial charge in [0.05, 0.1) is 5.92 Å². The Morgan fingerprint density at radius 2 is 2.16 bits per heavy atom. The summed E-state index contributed by atoms with van der Waals surface area (Å²) >= 11 is 0. The Hall–Kier alpha value is -2.04. The molecular formula is C14H18N2O3. The minimum absolute atomic E-state index is 0.144. The van der Waals surface area contributed by atoms with E-state index in [9.17, 15) is 9.59 Å². The molecule has 0 spiro atoms. The van der Waals surface area contributed by atoms with Gasteiger partial charge < -0.3 is 10.0 Å². The molecule has 1 aromatic rings. The first kappa shape index (κ1) is 13.4. The smallest absolute Gasteiger partial charge is 0.324 e. The van der Waals surface area contributed by atoms with Crippen LogP contribution in [0.5, 0.6) is 0 Å². The SMILES string of the molecule is Cc1cccc(N(C)C(=O)N2CCC(C(=O)O)C2)c1. The Morgan fingerprint density at radius 3 is 2.74 bits per heavy atom. The van der Waals surface area contributed by atoms with Crippen molar-refractivity contribution in [3.63, 3.8) is 0 Å². The Bertz CT molecular complexity index is 501. The van der Waals surface area contributed by atoms with Crippen LogP contribution in [-0.4, -0.2) is 42.1 Å². The summed E-state index contributed by atoms with van der Waals surface area (Å²) < 4.78 is 0. The Labute approximate surface area is 112 Å². The zero-order valence-electron chi connectivity index (χ0n) is 11.2. The number of nitrogens with zero attached hydrogens (tertiary/aromatic N) is 2. The summed E-state index contributed by atoms with van der Waals surface area (Å²) in [5, 5.41) is 8.95. The number of aryl methyl sites for hydroxylation is 1. The number of aliphatic carboxylic acids is 1. The first-order valence-corrected chi connectivity index (χ1v) is 6.31. The van der Waals surface area contributed by atoms with Crippen LogP contribution in [0, 0.1) is 12.8 Å². The fraction of sp³-hybridized carbons (Fsp3) is 0.429. The van der Waals surface area contributed by atoms with E-state index in [2.05, 4.69) is 0 Å². The van der Waals surface area contributed by atoms with Gasteiger partial charge in [0.1, 0.15) is 0 Å². The molecule has 1 aliphatic rings. The second-order valence-corrected chi connectivity index (χ2v) is 4.95. The molecule has 5 nitrogen and oxygen atoms in total. The van der Waals surface area contributed by atoms with E-state index >= 15 is 0 Å². The number of anilines is 1. The van der Waals surface area contributed by atoms with Crippen molar-refractivity contribution in [3.05, 3.63) is 29.8 Å². The molecule has 102 valence electrons. The molecule has 1 heterocycles. The molecule has 1 saturated heterocycles. The summed E-state index contributed by atoms with van der Waals surface area (Å²) in [5.41, 5.74) is 1.91. The first-order valence-electron chi connectivity index (χ1n) is 6.31. The van der Waals surface area contributed by atoms with E-state index in [-0.39, 0.29) is 6.03 Å². The van der Waals surface area contributed by atoms with E-state index in [1.165, 1.54) is 0 Å². The summed E-state index contributed by atoms with van der Waals surface area (Å²) in [6, 6.07) is 7.53. The van der Waals surface area contributed by atoms with Crippen molar-refractivity contribution in [3.8, 4) is 0 Å². The number of carbonyl (C=O) groups excluding carboxylic acids is 1. The molecule has 0 bridgehead atoms. The van der Waals surface area contributed by atoms with Crippen LogP contribution < -0.4 is 4.90 Å². The van der Waals surface area contributed by atoms with Crippen LogP contribution in [0.15, 0.2) is 24.3 Å². The molecule has 19 heavy (non-hydrogen) atoms. The molecule has 1 unspecified atom stereocenters. The third kappa shape index (κ3) is 2.86. The first-order chi connectivity index (χ1) is 8.99. The topological polar surface area (TPSA) is 60.9 Å². The molecule has 0 radical (unpaired) electrons. The van der Waals surface area contributed by atoms with Crippen LogP contribution in [0.3, 0.4) is 0 Å². The van der Waals surface area contributed by atoms with Gasteiger partial charge in [0.2, 0.25) is 0 Å². The van der Waals surface area contributed by atoms with Gasteiger partial charge in [-0.25, -0.2) is 4.79 Å². The minimum Gasteiger partial charge on any atom is -0.481 e. The maximum atomic E-state index is 12.3. The number of benzene rings is 1. The average Bonchev–Trinajstić information content (AvgIpc) is 2.86. The normalized spacial score (nSPS) is 18.4. The quantitative estimate of drug-likeness (QED) is 0.886. The largest absolute Gasteiger partial charge is 0.481 e. The van der Waals surface area contributed by atoms with Crippen LogP contribution in [0.4, 0.5) is 10.5 Å². The lowest BCUT2D eigenvalue weighted by molar-refractivity contribution is -0.141. The summed E-state index contributed by atoms with van der Waals surface area (Å²) in [6.45, 7) is 2.77. The van der Waals surface area contributed by atoms with Crippen molar-refractivity contribution in [1.82, 2.24) is 4.90 Å². The molecule has 1 atom stereocenters. The lowest BCUT2D eigenvalue weighted by atomic mass is 10.1. The zero-order valence-corrected chi connectivity index (χ0v) is 11.2. The van der Waals surface area contributed by atoms with Gasteiger partial charge in [-0.1, -0.05) is 12.1 Å². The lowest BCUT2D eigenvalue weighted by Crippen LogP contribution is -2.40. The van der Waals surface area contributed by atoms with Crippen molar-refractivity contribution in [2.45, 2.75) is 13.3 Å². The van der Waals surface area contributed by atoms with E-state index < -0.39 is 11.9 Å². The van der Waals surface area contributed by atoms with Crippen molar-refractivity contribution < 1.29 is 14.7 Å². The summed E-state index contributed by atoms with van der Waals surface area (Å²) in [7, 11) is 1.71. The summed E-state index contributed by atoms with van der Waals surface area (Å²) in [6.07, 6.45) is 0.530. The molecule has 1 aromatic carbocycles. The van der Waals surface area contributed by atoms with Crippen LogP contribution >= 0.6 is 0 Å². The lowest BCUT2D eigenvalue weighted by Gasteiger charge is -2.24. The van der Waals surface area contributed by atoms with Gasteiger partial charge in [0.15, 0.2) is 0 Å². The Morgan fingerprint density at radius 1 is 1.42 bits per heavy atom. The van der Waals surface area contributed by atoms with E-state index in [1.54, 1.807) is 16.8 Å². The molecule has 5 heteroatoms. The molecule has 0 saturated carbocycles. The van der Waals surface area contributed by atoms with E-state index in [4.69, 9.17) is 5.11 Å². The number of urea groups is 1. The Balaban J connectivity index is 2.06. The highest BCUT2D eigenvalue weighted by Crippen LogP contribution is 2.21. The van der Waals surface area contributed by atoms with Gasteiger partial charge in [-0.05, 0) is 31.0 Å². The molecule has 2 amide bonds. The Kier molecular flexibility index (Phi) is 3.74. The highest BCUT2D eigenvalue weighted by Gasteiger charge is 2.32. The number of hydrogen-bond donors (Lipinski definition) is 1. The standard InChI is InChI=1S/C14H18N2O3/c1-10-4-3-5-12(8-10)15(2)14(19)16-7-6-11(9-16)13(17)18/h3-5,8,11H,6-7,9H2,1-2H3,(H,17,18). The number of carbonyl (C=O) groups is 2. The van der Waals surface area contributed by atoms with Crippen molar-refractivity contribution in [1.29, 1.82) is 0 Å². The number of hydrogen-bond acceptors (Lipinski definition) is 2. The van der Waals surface area contributed by atoms with Crippen molar-refractivity contribution in [2.24, 2.45) is 5.92 Å². The molecule has 1 N–H and O–H groups in total. The van der Waals surface area contributed by atoms with E-state index in [0.717, 1.165) is 11.3 Å². The number of rotatable bonds is 2. The fourth-order valence-corrected chi connectivity index (χ4v) is 2.29. The third-order valence-corrected chi connectivity index (χ3v) is 3.48. The van der Waals surface area contributed by atoms with Gasteiger partial charge in [0.25, 0.3) is 0 Å². The van der Waals surface area contributed by atoms with Crippen LogP contribution in [-0.2, 0) is 4.79 Å². The second kappa shape index (κ2) is 5.30. The van der Waals surface area contributed by atoms with Gasteiger partial charge >= 0.3 is 12.0 Å². The van der Waals surface area contributed by atoms with Crippen molar-refractivity contribution in [2.75, 3.05) is 25.0 Å². The zero-order chi connectivity index (χ0) is 14.0. The highest BCUT2D eigenvalue weighted by atomic mass is 16.4. The highest BCUT2D eigenvalue weighted by molar-refractivity contribution is 5.92. The van der Waals surface area contributed by atoms with Crippen LogP contribution in [0.2, 0.25) is 0 Å². The van der Waals surface area contributed by atoms with Gasteiger partial charge in [0, 0.05) is 25.8 Å². The van der Waals surface area contributed by atoms with Crippen LogP contribution in [0.1, 0.15) is 12.0 Å². The van der Waals surface area contributed by atoms with E-state index in [1.807, 2.05) is 31.2 Å². The van der Waals surface area contributed by atoms with Crippen molar-refractivity contribution >= 4 is 17.7 Å². The monoisotopic (exact) mass is 262 g/mol. The third-order valence-electron chi connectivity index (χ3n) is 3.48. The van der Waals surface area contributed by atoms with Crippen LogP contribution in [0.25, 0.3) is 0 Å². The minimum atomic E-state index is -0.825. The molecule has 0 aromatic heterocycles. The number of carboxylic acid groups (broad SMARTS) is 1. The molecule has 2 rings (SSSR count). The number of amides is 2. The summed E-state index contributed by atoms with van der Waals surface area (Å²) in [4.78, 5) is 26.4. The molecule has 1 aliphatic heterocycles. The fourth-order valence-electron chi connectivity index (χ4n) is 2.29. The van der Waals surface area contributed by atoms with Gasteiger partial charge in [-0.15, -0.1) is 0 Å². The molecular weight excluding hydrogens is 244 g/mol. The predicted octanol–water partition coefficient (Wildman–Crippen LogP) is 1.96. The molecule has 1 fully saturated rings. The summed E-state index contributed by atoms with van der Waals surface area (Å²) in [5.74, 6) is -1.26. The maximum absolute atomic E-state index is 12.3. The van der Waals surface area contributed by atoms with Gasteiger partial charge in [-0.2, -0.15) is 0 Å². The van der Waals surface area contributed by atoms with E-state index in [0.29, 0.717) is 19.5 Å². The molecule has 0 aliphatic carbocycles.